The summed E-state index contributed by atoms with van der Waals surface area (Å²) in [6.07, 6.45) is 0.907. The fraction of sp³-hybridized carbons (Fsp3) is 0.875. The van der Waals surface area contributed by atoms with E-state index in [1.54, 1.807) is 0 Å². The minimum absolute atomic E-state index is 0.165. The van der Waals surface area contributed by atoms with Gasteiger partial charge >= 0.3 is 5.97 Å². The van der Waals surface area contributed by atoms with Crippen molar-refractivity contribution in [1.29, 1.82) is 0 Å². The van der Waals surface area contributed by atoms with E-state index in [0.29, 0.717) is 13.1 Å². The van der Waals surface area contributed by atoms with Crippen LogP contribution in [0.15, 0.2) is 0 Å². The van der Waals surface area contributed by atoms with Crippen molar-refractivity contribution in [3.63, 3.8) is 0 Å². The van der Waals surface area contributed by atoms with Crippen molar-refractivity contribution in [3.05, 3.63) is 0 Å². The van der Waals surface area contributed by atoms with E-state index in [9.17, 15) is 4.79 Å². The molecule has 12 heavy (non-hydrogen) atoms. The fourth-order valence-electron chi connectivity index (χ4n) is 1.73. The first-order valence-electron chi connectivity index (χ1n) is 4.26. The smallest absolute Gasteiger partial charge is 0.308 e. The van der Waals surface area contributed by atoms with Gasteiger partial charge in [-0.15, -0.1) is 0 Å². The molecule has 0 bridgehead atoms. The number of nitrogens with two attached hydrogens (primary N) is 1. The largest absolute Gasteiger partial charge is 0.481 e. The number of hydrogen-bond acceptors (Lipinski definition) is 3. The van der Waals surface area contributed by atoms with Gasteiger partial charge in [-0.05, 0) is 32.5 Å². The van der Waals surface area contributed by atoms with Gasteiger partial charge in [0.15, 0.2) is 0 Å². The van der Waals surface area contributed by atoms with Gasteiger partial charge in [-0.25, -0.2) is 0 Å². The van der Waals surface area contributed by atoms with Crippen molar-refractivity contribution in [2.75, 3.05) is 26.7 Å². The van der Waals surface area contributed by atoms with Gasteiger partial charge in [0.25, 0.3) is 0 Å². The standard InChI is InChI=1S/C8H16N2O2/c1-10-3-2-6(4-9)7(5-10)8(11)12/h6-7H,2-5,9H2,1H3,(H,11,12). The summed E-state index contributed by atoms with van der Waals surface area (Å²) in [6, 6.07) is 0. The maximum Gasteiger partial charge on any atom is 0.308 e. The molecule has 2 atom stereocenters. The molecule has 0 aliphatic carbocycles. The highest BCUT2D eigenvalue weighted by Crippen LogP contribution is 2.21. The highest BCUT2D eigenvalue weighted by molar-refractivity contribution is 5.70. The lowest BCUT2D eigenvalue weighted by Crippen LogP contribution is -2.44. The normalized spacial score (nSPS) is 31.8. The number of carbonyl (C=O) groups is 1. The Kier molecular flexibility index (Phi) is 3.05. The predicted molar refractivity (Wildman–Crippen MR) is 45.8 cm³/mol. The maximum absolute atomic E-state index is 10.8. The number of piperidine rings is 1. The molecule has 1 aliphatic rings. The number of likely N-dealkylation sites (tertiary alicyclic amines) is 1. The van der Waals surface area contributed by atoms with Crippen LogP contribution in [0.3, 0.4) is 0 Å². The average Bonchev–Trinajstić information content (AvgIpc) is 2.04. The number of hydrogen-bond donors (Lipinski definition) is 2. The second kappa shape index (κ2) is 3.87. The van der Waals surface area contributed by atoms with Crippen molar-refractivity contribution in [3.8, 4) is 0 Å². The van der Waals surface area contributed by atoms with Gasteiger partial charge in [0.1, 0.15) is 0 Å². The Morgan fingerprint density at radius 3 is 2.92 bits per heavy atom. The van der Waals surface area contributed by atoms with Gasteiger partial charge in [-0.1, -0.05) is 0 Å². The van der Waals surface area contributed by atoms with Gasteiger partial charge in [-0.3, -0.25) is 4.79 Å². The molecule has 0 amide bonds. The summed E-state index contributed by atoms with van der Waals surface area (Å²) in [4.78, 5) is 12.8. The molecule has 4 heteroatoms. The zero-order valence-electron chi connectivity index (χ0n) is 7.36. The minimum atomic E-state index is -0.711. The lowest BCUT2D eigenvalue weighted by molar-refractivity contribution is -0.145. The molecule has 0 spiro atoms. The Labute approximate surface area is 72.3 Å². The number of nitrogens with zero attached hydrogens (tertiary/aromatic N) is 1. The molecule has 4 nitrogen and oxygen atoms in total. The van der Waals surface area contributed by atoms with Gasteiger partial charge in [0.05, 0.1) is 5.92 Å². The maximum atomic E-state index is 10.8. The Morgan fingerprint density at radius 1 is 1.75 bits per heavy atom. The van der Waals surface area contributed by atoms with E-state index >= 15 is 0 Å². The molecule has 1 fully saturated rings. The summed E-state index contributed by atoms with van der Waals surface area (Å²) in [5.74, 6) is -0.815. The van der Waals surface area contributed by atoms with Crippen LogP contribution in [-0.4, -0.2) is 42.7 Å². The van der Waals surface area contributed by atoms with Gasteiger partial charge < -0.3 is 15.7 Å². The van der Waals surface area contributed by atoms with Gasteiger partial charge in [0.2, 0.25) is 0 Å². The van der Waals surface area contributed by atoms with Crippen molar-refractivity contribution in [2.45, 2.75) is 6.42 Å². The molecule has 1 saturated heterocycles. The van der Waals surface area contributed by atoms with E-state index in [-0.39, 0.29) is 11.8 Å². The topological polar surface area (TPSA) is 66.6 Å². The molecule has 70 valence electrons. The highest BCUT2D eigenvalue weighted by atomic mass is 16.4. The minimum Gasteiger partial charge on any atom is -0.481 e. The zero-order valence-corrected chi connectivity index (χ0v) is 7.36. The average molecular weight is 172 g/mol. The monoisotopic (exact) mass is 172 g/mol. The second-order valence-corrected chi connectivity index (χ2v) is 3.49. The summed E-state index contributed by atoms with van der Waals surface area (Å²) in [5.41, 5.74) is 5.50. The molecule has 2 unspecified atom stereocenters. The Morgan fingerprint density at radius 2 is 2.42 bits per heavy atom. The summed E-state index contributed by atoms with van der Waals surface area (Å²) in [5, 5.41) is 8.88. The first kappa shape index (κ1) is 9.48. The Hall–Kier alpha value is -0.610. The van der Waals surface area contributed by atoms with E-state index in [1.807, 2.05) is 11.9 Å². The number of carboxylic acid groups (broad SMARTS) is 1. The van der Waals surface area contributed by atoms with Crippen LogP contribution in [0, 0.1) is 11.8 Å². The molecule has 3 N–H and O–H groups in total. The number of carboxylic acids is 1. The third kappa shape index (κ3) is 1.95. The summed E-state index contributed by atoms with van der Waals surface area (Å²) in [6.45, 7) is 2.09. The second-order valence-electron chi connectivity index (χ2n) is 3.49. The Balaban J connectivity index is 2.58. The molecule has 0 aromatic rings. The van der Waals surface area contributed by atoms with E-state index in [0.717, 1.165) is 13.0 Å². The third-order valence-corrected chi connectivity index (χ3v) is 2.58. The van der Waals surface area contributed by atoms with Crippen LogP contribution in [0.1, 0.15) is 6.42 Å². The molecule has 0 radical (unpaired) electrons. The molecule has 0 aromatic heterocycles. The third-order valence-electron chi connectivity index (χ3n) is 2.58. The molecular weight excluding hydrogens is 156 g/mol. The lowest BCUT2D eigenvalue weighted by Gasteiger charge is -2.33. The summed E-state index contributed by atoms with van der Waals surface area (Å²) in [7, 11) is 1.95. The SMILES string of the molecule is CN1CCC(CN)C(C(=O)O)C1. The fourth-order valence-corrected chi connectivity index (χ4v) is 1.73. The van der Waals surface area contributed by atoms with E-state index < -0.39 is 5.97 Å². The van der Waals surface area contributed by atoms with Crippen LogP contribution in [0.2, 0.25) is 0 Å². The van der Waals surface area contributed by atoms with Crippen LogP contribution >= 0.6 is 0 Å². The van der Waals surface area contributed by atoms with Crippen LogP contribution in [0.5, 0.6) is 0 Å². The van der Waals surface area contributed by atoms with E-state index in [1.165, 1.54) is 0 Å². The van der Waals surface area contributed by atoms with Gasteiger partial charge in [-0.2, -0.15) is 0 Å². The molecule has 1 heterocycles. The summed E-state index contributed by atoms with van der Waals surface area (Å²) >= 11 is 0. The van der Waals surface area contributed by atoms with Gasteiger partial charge in [0, 0.05) is 6.54 Å². The van der Waals surface area contributed by atoms with Crippen molar-refractivity contribution >= 4 is 5.97 Å². The molecule has 0 aromatic carbocycles. The van der Waals surface area contributed by atoms with Crippen molar-refractivity contribution in [2.24, 2.45) is 17.6 Å². The predicted octanol–water partition coefficient (Wildman–Crippen LogP) is -0.402. The molecule has 1 aliphatic heterocycles. The van der Waals surface area contributed by atoms with Crippen LogP contribution < -0.4 is 5.73 Å². The number of aliphatic carboxylic acids is 1. The summed E-state index contributed by atoms with van der Waals surface area (Å²) < 4.78 is 0. The van der Waals surface area contributed by atoms with E-state index in [2.05, 4.69) is 0 Å². The first-order chi connectivity index (χ1) is 5.65. The molecule has 0 saturated carbocycles. The van der Waals surface area contributed by atoms with Crippen LogP contribution in [0.4, 0.5) is 0 Å². The molecule has 1 rings (SSSR count). The Bertz CT molecular complexity index is 172. The van der Waals surface area contributed by atoms with Crippen LogP contribution in [-0.2, 0) is 4.79 Å². The van der Waals surface area contributed by atoms with Crippen molar-refractivity contribution in [1.82, 2.24) is 4.90 Å². The quantitative estimate of drug-likeness (QED) is 0.594. The number of rotatable bonds is 2. The first-order valence-corrected chi connectivity index (χ1v) is 4.26. The lowest BCUT2D eigenvalue weighted by atomic mass is 9.86. The molecular formula is C8H16N2O2. The zero-order chi connectivity index (χ0) is 9.14. The van der Waals surface area contributed by atoms with Crippen molar-refractivity contribution < 1.29 is 9.90 Å². The highest BCUT2D eigenvalue weighted by Gasteiger charge is 2.31. The van der Waals surface area contributed by atoms with Crippen LogP contribution in [0.25, 0.3) is 0 Å². The van der Waals surface area contributed by atoms with E-state index in [4.69, 9.17) is 10.8 Å².